The summed E-state index contributed by atoms with van der Waals surface area (Å²) in [6, 6.07) is 7.70. The first-order chi connectivity index (χ1) is 6.70. The summed E-state index contributed by atoms with van der Waals surface area (Å²) in [5.41, 5.74) is 7.25. The Morgan fingerprint density at radius 2 is 2.07 bits per heavy atom. The maximum Gasteiger partial charge on any atom is 0.248 e. The summed E-state index contributed by atoms with van der Waals surface area (Å²) in [5, 5.41) is 0.969. The smallest absolute Gasteiger partial charge is 0.248 e. The molecule has 2 aromatic rings. The maximum atomic E-state index is 11.0. The number of hydrogen-bond donors (Lipinski definition) is 2. The third kappa shape index (κ3) is 1.19. The molecule has 0 aliphatic carbocycles. The Hall–Kier alpha value is -2.03. The number of H-pyrrole nitrogens is 1. The van der Waals surface area contributed by atoms with Gasteiger partial charge in [-0.05, 0) is 6.07 Å². The Kier molecular flexibility index (Phi) is 1.85. The van der Waals surface area contributed by atoms with Gasteiger partial charge in [0.15, 0.2) is 0 Å². The predicted molar refractivity (Wildman–Crippen MR) is 56.5 cm³/mol. The second kappa shape index (κ2) is 3.03. The van der Waals surface area contributed by atoms with Crippen molar-refractivity contribution in [2.24, 2.45) is 5.73 Å². The van der Waals surface area contributed by atoms with Crippen molar-refractivity contribution < 1.29 is 4.79 Å². The molecule has 0 bridgehead atoms. The molecule has 0 spiro atoms. The number of carbonyl (C=O) groups excluding carboxylic acids is 1. The summed E-state index contributed by atoms with van der Waals surface area (Å²) in [7, 11) is 0. The number of rotatable bonds is 2. The highest BCUT2D eigenvalue weighted by atomic mass is 16.1. The zero-order valence-corrected chi connectivity index (χ0v) is 7.58. The number of nitrogens with two attached hydrogens (primary N) is 1. The van der Waals surface area contributed by atoms with E-state index in [2.05, 4.69) is 11.6 Å². The van der Waals surface area contributed by atoms with E-state index in [1.54, 1.807) is 6.20 Å². The van der Waals surface area contributed by atoms with E-state index in [-0.39, 0.29) is 0 Å². The van der Waals surface area contributed by atoms with Crippen LogP contribution in [0.15, 0.2) is 37.0 Å². The molecular weight excluding hydrogens is 176 g/mol. The fourth-order valence-electron chi connectivity index (χ4n) is 1.45. The molecule has 2 rings (SSSR count). The predicted octanol–water partition coefficient (Wildman–Crippen LogP) is 1.67. The lowest BCUT2D eigenvalue weighted by molar-refractivity contribution is -0.112. The van der Waals surface area contributed by atoms with Crippen molar-refractivity contribution in [3.05, 3.63) is 42.6 Å². The van der Waals surface area contributed by atoms with Crippen molar-refractivity contribution in [3.63, 3.8) is 0 Å². The molecular formula is C11H10N2O. The number of aromatic nitrogens is 1. The molecule has 14 heavy (non-hydrogen) atoms. The van der Waals surface area contributed by atoms with Gasteiger partial charge in [-0.2, -0.15) is 0 Å². The van der Waals surface area contributed by atoms with E-state index in [1.165, 1.54) is 0 Å². The Bertz CT molecular complexity index is 511. The molecule has 1 aromatic heterocycles. The van der Waals surface area contributed by atoms with E-state index in [4.69, 9.17) is 5.73 Å². The van der Waals surface area contributed by atoms with Crippen LogP contribution in [0.1, 0.15) is 5.56 Å². The molecule has 0 aliphatic heterocycles. The highest BCUT2D eigenvalue weighted by Crippen LogP contribution is 2.23. The molecule has 0 fully saturated rings. The van der Waals surface area contributed by atoms with Crippen LogP contribution in [0.5, 0.6) is 0 Å². The summed E-state index contributed by atoms with van der Waals surface area (Å²) >= 11 is 0. The zero-order valence-electron chi connectivity index (χ0n) is 7.58. The van der Waals surface area contributed by atoms with E-state index in [0.29, 0.717) is 5.57 Å². The fourth-order valence-corrected chi connectivity index (χ4v) is 1.45. The molecule has 70 valence electrons. The normalized spacial score (nSPS) is 10.3. The Labute approximate surface area is 81.2 Å². The number of amides is 1. The van der Waals surface area contributed by atoms with Gasteiger partial charge in [0.05, 0.1) is 0 Å². The minimum Gasteiger partial charge on any atom is -0.366 e. The van der Waals surface area contributed by atoms with Crippen molar-refractivity contribution >= 4 is 22.4 Å². The highest BCUT2D eigenvalue weighted by Gasteiger charge is 2.09. The molecule has 0 saturated carbocycles. The molecule has 0 aliphatic rings. The average molecular weight is 186 g/mol. The van der Waals surface area contributed by atoms with Crippen LogP contribution in [0.4, 0.5) is 0 Å². The van der Waals surface area contributed by atoms with Gasteiger partial charge in [-0.1, -0.05) is 24.8 Å². The first kappa shape index (κ1) is 8.56. The summed E-state index contributed by atoms with van der Waals surface area (Å²) in [5.74, 6) is -0.491. The first-order valence-corrected chi connectivity index (χ1v) is 4.25. The molecule has 0 unspecified atom stereocenters. The van der Waals surface area contributed by atoms with Crippen LogP contribution in [0.2, 0.25) is 0 Å². The Morgan fingerprint density at radius 3 is 2.79 bits per heavy atom. The SMILES string of the molecule is C=C(C(N)=O)c1c[nH]c2ccccc12. The lowest BCUT2D eigenvalue weighted by Gasteiger charge is -1.97. The van der Waals surface area contributed by atoms with Crippen LogP contribution in [-0.4, -0.2) is 10.9 Å². The second-order valence-electron chi connectivity index (χ2n) is 3.09. The number of hydrogen-bond acceptors (Lipinski definition) is 1. The molecule has 3 N–H and O–H groups in total. The van der Waals surface area contributed by atoms with E-state index in [0.717, 1.165) is 16.5 Å². The Balaban J connectivity index is 2.64. The zero-order chi connectivity index (χ0) is 10.1. The third-order valence-electron chi connectivity index (χ3n) is 2.21. The van der Waals surface area contributed by atoms with Crippen molar-refractivity contribution in [3.8, 4) is 0 Å². The number of aromatic amines is 1. The van der Waals surface area contributed by atoms with Crippen molar-refractivity contribution in [2.75, 3.05) is 0 Å². The standard InChI is InChI=1S/C11H10N2O/c1-7(11(12)14)9-6-13-10-5-3-2-4-8(9)10/h2-6,13H,1H2,(H2,12,14). The lowest BCUT2D eigenvalue weighted by Crippen LogP contribution is -2.11. The van der Waals surface area contributed by atoms with Crippen LogP contribution in [0.3, 0.4) is 0 Å². The Morgan fingerprint density at radius 1 is 1.36 bits per heavy atom. The topological polar surface area (TPSA) is 58.9 Å². The van der Waals surface area contributed by atoms with E-state index in [1.807, 2.05) is 24.3 Å². The number of fused-ring (bicyclic) bond motifs is 1. The van der Waals surface area contributed by atoms with Crippen LogP contribution in [0, 0.1) is 0 Å². The van der Waals surface area contributed by atoms with Crippen molar-refractivity contribution in [1.29, 1.82) is 0 Å². The van der Waals surface area contributed by atoms with Gasteiger partial charge in [-0.25, -0.2) is 0 Å². The number of nitrogens with one attached hydrogen (secondary N) is 1. The number of benzene rings is 1. The highest BCUT2D eigenvalue weighted by molar-refractivity contribution is 6.21. The lowest BCUT2D eigenvalue weighted by atomic mass is 10.1. The third-order valence-corrected chi connectivity index (χ3v) is 2.21. The molecule has 0 saturated heterocycles. The van der Waals surface area contributed by atoms with Crippen LogP contribution in [0.25, 0.3) is 16.5 Å². The molecule has 1 aromatic carbocycles. The van der Waals surface area contributed by atoms with Crippen LogP contribution in [-0.2, 0) is 4.79 Å². The van der Waals surface area contributed by atoms with Gasteiger partial charge in [0.2, 0.25) is 5.91 Å². The quantitative estimate of drug-likeness (QED) is 0.688. The monoisotopic (exact) mass is 186 g/mol. The molecule has 1 amide bonds. The average Bonchev–Trinajstić information content (AvgIpc) is 2.60. The largest absolute Gasteiger partial charge is 0.366 e. The summed E-state index contributed by atoms with van der Waals surface area (Å²) < 4.78 is 0. The van der Waals surface area contributed by atoms with E-state index in [9.17, 15) is 4.79 Å². The fraction of sp³-hybridized carbons (Fsp3) is 0. The van der Waals surface area contributed by atoms with Gasteiger partial charge < -0.3 is 10.7 Å². The number of carbonyl (C=O) groups is 1. The summed E-state index contributed by atoms with van der Waals surface area (Å²) in [4.78, 5) is 14.0. The number of para-hydroxylation sites is 1. The molecule has 0 atom stereocenters. The maximum absolute atomic E-state index is 11.0. The molecule has 3 nitrogen and oxygen atoms in total. The van der Waals surface area contributed by atoms with E-state index >= 15 is 0 Å². The molecule has 0 radical (unpaired) electrons. The van der Waals surface area contributed by atoms with Gasteiger partial charge in [-0.3, -0.25) is 4.79 Å². The summed E-state index contributed by atoms with van der Waals surface area (Å²) in [6.45, 7) is 3.65. The minimum absolute atomic E-state index is 0.336. The van der Waals surface area contributed by atoms with Gasteiger partial charge in [0.25, 0.3) is 0 Å². The first-order valence-electron chi connectivity index (χ1n) is 4.25. The van der Waals surface area contributed by atoms with E-state index < -0.39 is 5.91 Å². The van der Waals surface area contributed by atoms with Gasteiger partial charge in [0, 0.05) is 28.2 Å². The molecule has 1 heterocycles. The van der Waals surface area contributed by atoms with Gasteiger partial charge in [-0.15, -0.1) is 0 Å². The summed E-state index contributed by atoms with van der Waals surface area (Å²) in [6.07, 6.45) is 1.75. The van der Waals surface area contributed by atoms with Crippen LogP contribution < -0.4 is 5.73 Å². The minimum atomic E-state index is -0.491. The number of primary amides is 1. The van der Waals surface area contributed by atoms with Crippen LogP contribution >= 0.6 is 0 Å². The van der Waals surface area contributed by atoms with Gasteiger partial charge >= 0.3 is 0 Å². The van der Waals surface area contributed by atoms with Gasteiger partial charge in [0.1, 0.15) is 0 Å². The van der Waals surface area contributed by atoms with Crippen molar-refractivity contribution in [2.45, 2.75) is 0 Å². The molecule has 3 heteroatoms. The second-order valence-corrected chi connectivity index (χ2v) is 3.09. The van der Waals surface area contributed by atoms with Crippen molar-refractivity contribution in [1.82, 2.24) is 4.98 Å².